The normalized spacial score (nSPS) is 15.4. The van der Waals surface area contributed by atoms with Crippen molar-refractivity contribution in [3.8, 4) is 16.5 Å². The molecule has 4 rings (SSSR count). The second kappa shape index (κ2) is 5.76. The summed E-state index contributed by atoms with van der Waals surface area (Å²) in [5, 5.41) is 2.71. The van der Waals surface area contributed by atoms with Gasteiger partial charge in [0.2, 0.25) is 0 Å². The first kappa shape index (κ1) is 14.9. The Bertz CT molecular complexity index is 951. The van der Waals surface area contributed by atoms with E-state index in [1.54, 1.807) is 12.3 Å². The fraction of sp³-hybridized carbons (Fsp3) is 0.158. The lowest BCUT2D eigenvalue weighted by molar-refractivity contribution is 0.0999. The predicted octanol–water partition coefficient (Wildman–Crippen LogP) is 4.68. The summed E-state index contributed by atoms with van der Waals surface area (Å²) < 4.78 is 11.2. The Balaban J connectivity index is 1.69. The number of carbonyl (C=O) groups is 1. The zero-order chi connectivity index (χ0) is 16.7. The summed E-state index contributed by atoms with van der Waals surface area (Å²) in [4.78, 5) is 17.4. The molecule has 0 radical (unpaired) electrons. The molecule has 3 aromatic rings. The summed E-state index contributed by atoms with van der Waals surface area (Å²) in [5.74, 6) is 1.45. The lowest BCUT2D eigenvalue weighted by Gasteiger charge is -2.22. The first-order valence-electron chi connectivity index (χ1n) is 7.61. The SMILES string of the molecule is Cc1ccc(C)c2c1OCC(=Cc1csc(-c3ccco3)n1)C2=O. The Morgan fingerprint density at radius 3 is 2.83 bits per heavy atom. The van der Waals surface area contributed by atoms with Crippen LogP contribution in [0.25, 0.3) is 16.8 Å². The number of hydrogen-bond donors (Lipinski definition) is 0. The molecular formula is C19H15NO3S. The van der Waals surface area contributed by atoms with Gasteiger partial charge in [-0.2, -0.15) is 0 Å². The molecule has 120 valence electrons. The van der Waals surface area contributed by atoms with Crippen molar-refractivity contribution in [2.75, 3.05) is 6.61 Å². The van der Waals surface area contributed by atoms with E-state index in [2.05, 4.69) is 4.98 Å². The van der Waals surface area contributed by atoms with Crippen LogP contribution in [0.15, 0.2) is 45.9 Å². The fourth-order valence-electron chi connectivity index (χ4n) is 2.78. The molecular weight excluding hydrogens is 322 g/mol. The molecule has 3 heterocycles. The van der Waals surface area contributed by atoms with Gasteiger partial charge in [-0.15, -0.1) is 11.3 Å². The zero-order valence-corrected chi connectivity index (χ0v) is 14.1. The third-order valence-corrected chi connectivity index (χ3v) is 4.90. The highest BCUT2D eigenvalue weighted by Gasteiger charge is 2.26. The van der Waals surface area contributed by atoms with Crippen molar-refractivity contribution in [1.29, 1.82) is 0 Å². The highest BCUT2D eigenvalue weighted by Crippen LogP contribution is 2.34. The second-order valence-corrected chi connectivity index (χ2v) is 6.60. The van der Waals surface area contributed by atoms with E-state index in [0.717, 1.165) is 27.6 Å². The molecule has 0 spiro atoms. The number of hydrogen-bond acceptors (Lipinski definition) is 5. The van der Waals surface area contributed by atoms with Gasteiger partial charge >= 0.3 is 0 Å². The summed E-state index contributed by atoms with van der Waals surface area (Å²) in [6, 6.07) is 7.63. The number of benzene rings is 1. The molecule has 0 saturated heterocycles. The Hall–Kier alpha value is -2.66. The molecule has 0 unspecified atom stereocenters. The van der Waals surface area contributed by atoms with E-state index in [4.69, 9.17) is 9.15 Å². The zero-order valence-electron chi connectivity index (χ0n) is 13.3. The van der Waals surface area contributed by atoms with Crippen molar-refractivity contribution < 1.29 is 13.9 Å². The number of ether oxygens (including phenoxy) is 1. The molecule has 2 aromatic heterocycles. The monoisotopic (exact) mass is 337 g/mol. The molecule has 1 aromatic carbocycles. The molecule has 5 heteroatoms. The number of fused-ring (bicyclic) bond motifs is 1. The Kier molecular flexibility index (Phi) is 3.58. The number of aromatic nitrogens is 1. The lowest BCUT2D eigenvalue weighted by Crippen LogP contribution is -2.21. The minimum Gasteiger partial charge on any atom is -0.488 e. The van der Waals surface area contributed by atoms with E-state index >= 15 is 0 Å². The fourth-order valence-corrected chi connectivity index (χ4v) is 3.52. The van der Waals surface area contributed by atoms with Crippen LogP contribution >= 0.6 is 11.3 Å². The number of ketones is 1. The molecule has 24 heavy (non-hydrogen) atoms. The quantitative estimate of drug-likeness (QED) is 0.637. The van der Waals surface area contributed by atoms with Gasteiger partial charge in [0.25, 0.3) is 0 Å². The smallest absolute Gasteiger partial charge is 0.196 e. The third kappa shape index (κ3) is 2.47. The van der Waals surface area contributed by atoms with Gasteiger partial charge in [0, 0.05) is 11.0 Å². The minimum absolute atomic E-state index is 0.0185. The highest BCUT2D eigenvalue weighted by molar-refractivity contribution is 7.13. The second-order valence-electron chi connectivity index (χ2n) is 5.75. The highest BCUT2D eigenvalue weighted by atomic mass is 32.1. The van der Waals surface area contributed by atoms with Crippen LogP contribution in [0.1, 0.15) is 27.2 Å². The predicted molar refractivity (Wildman–Crippen MR) is 93.5 cm³/mol. The van der Waals surface area contributed by atoms with Crippen LogP contribution in [-0.2, 0) is 0 Å². The minimum atomic E-state index is 0.0185. The number of furan rings is 1. The van der Waals surface area contributed by atoms with Gasteiger partial charge in [-0.1, -0.05) is 12.1 Å². The van der Waals surface area contributed by atoms with Gasteiger partial charge in [0.15, 0.2) is 16.6 Å². The average molecular weight is 337 g/mol. The largest absolute Gasteiger partial charge is 0.488 e. The molecule has 0 atom stereocenters. The molecule has 0 N–H and O–H groups in total. The van der Waals surface area contributed by atoms with Crippen LogP contribution < -0.4 is 4.74 Å². The molecule has 0 bridgehead atoms. The van der Waals surface area contributed by atoms with Crippen molar-refractivity contribution >= 4 is 23.2 Å². The van der Waals surface area contributed by atoms with E-state index < -0.39 is 0 Å². The van der Waals surface area contributed by atoms with Gasteiger partial charge in [0.1, 0.15) is 12.4 Å². The molecule has 4 nitrogen and oxygen atoms in total. The van der Waals surface area contributed by atoms with E-state index in [-0.39, 0.29) is 12.4 Å². The number of rotatable bonds is 2. The Labute approximate surface area is 143 Å². The van der Waals surface area contributed by atoms with Crippen LogP contribution in [0.4, 0.5) is 0 Å². The van der Waals surface area contributed by atoms with E-state index in [0.29, 0.717) is 16.9 Å². The van der Waals surface area contributed by atoms with Crippen molar-refractivity contribution in [3.63, 3.8) is 0 Å². The summed E-state index contributed by atoms with van der Waals surface area (Å²) in [6.45, 7) is 4.15. The van der Waals surface area contributed by atoms with Crippen molar-refractivity contribution in [2.45, 2.75) is 13.8 Å². The summed E-state index contributed by atoms with van der Waals surface area (Å²) in [6.07, 6.45) is 3.42. The van der Waals surface area contributed by atoms with Crippen molar-refractivity contribution in [1.82, 2.24) is 4.98 Å². The van der Waals surface area contributed by atoms with Crippen molar-refractivity contribution in [2.24, 2.45) is 0 Å². The number of thiazole rings is 1. The number of nitrogens with zero attached hydrogens (tertiary/aromatic N) is 1. The first-order valence-corrected chi connectivity index (χ1v) is 8.49. The maximum Gasteiger partial charge on any atom is 0.196 e. The van der Waals surface area contributed by atoms with E-state index in [1.807, 2.05) is 43.5 Å². The van der Waals surface area contributed by atoms with Gasteiger partial charge in [-0.05, 0) is 43.2 Å². The topological polar surface area (TPSA) is 52.3 Å². The molecule has 1 aliphatic heterocycles. The van der Waals surface area contributed by atoms with Gasteiger partial charge in [0.05, 0.1) is 17.5 Å². The summed E-state index contributed by atoms with van der Waals surface area (Å²) in [7, 11) is 0. The molecule has 1 aliphatic rings. The first-order chi connectivity index (χ1) is 11.6. The van der Waals surface area contributed by atoms with Crippen LogP contribution in [0, 0.1) is 13.8 Å². The standard InChI is InChI=1S/C19H15NO3S/c1-11-5-6-12(2)18-16(11)17(21)13(9-23-18)8-14-10-24-19(20-14)15-4-3-7-22-15/h3-8,10H,9H2,1-2H3. The van der Waals surface area contributed by atoms with Crippen molar-refractivity contribution in [3.05, 3.63) is 63.9 Å². The van der Waals surface area contributed by atoms with Gasteiger partial charge in [-0.3, -0.25) is 4.79 Å². The van der Waals surface area contributed by atoms with Gasteiger partial charge in [-0.25, -0.2) is 4.98 Å². The average Bonchev–Trinajstić information content (AvgIpc) is 3.24. The summed E-state index contributed by atoms with van der Waals surface area (Å²) >= 11 is 1.49. The van der Waals surface area contributed by atoms with E-state index in [1.165, 1.54) is 11.3 Å². The third-order valence-electron chi connectivity index (χ3n) is 4.03. The maximum atomic E-state index is 12.8. The molecule has 0 fully saturated rings. The lowest BCUT2D eigenvalue weighted by atomic mass is 9.93. The number of aryl methyl sites for hydroxylation is 2. The van der Waals surface area contributed by atoms with Crippen LogP contribution in [0.3, 0.4) is 0 Å². The van der Waals surface area contributed by atoms with Crippen LogP contribution in [-0.4, -0.2) is 17.4 Å². The summed E-state index contributed by atoms with van der Waals surface area (Å²) in [5.41, 5.74) is 3.94. The number of carbonyl (C=O) groups excluding carboxylic acids is 1. The number of Topliss-reactive ketones (excluding diaryl/α,β-unsaturated/α-hetero) is 1. The Morgan fingerprint density at radius 1 is 1.21 bits per heavy atom. The molecule has 0 saturated carbocycles. The molecule has 0 aliphatic carbocycles. The molecule has 0 amide bonds. The van der Waals surface area contributed by atoms with Gasteiger partial charge < -0.3 is 9.15 Å². The van der Waals surface area contributed by atoms with Crippen LogP contribution in [0.2, 0.25) is 0 Å². The maximum absolute atomic E-state index is 12.8. The van der Waals surface area contributed by atoms with E-state index in [9.17, 15) is 4.79 Å². The van der Waals surface area contributed by atoms with Crippen LogP contribution in [0.5, 0.6) is 5.75 Å². The Morgan fingerprint density at radius 2 is 2.04 bits per heavy atom.